The van der Waals surface area contributed by atoms with Gasteiger partial charge in [0.25, 0.3) is 0 Å². The summed E-state index contributed by atoms with van der Waals surface area (Å²) >= 11 is 0. The summed E-state index contributed by atoms with van der Waals surface area (Å²) < 4.78 is 79.2. The van der Waals surface area contributed by atoms with Crippen LogP contribution in [0.4, 0.5) is 17.6 Å². The summed E-state index contributed by atoms with van der Waals surface area (Å²) in [6.07, 6.45) is -0.117. The van der Waals surface area contributed by atoms with Crippen molar-refractivity contribution in [3.8, 4) is 0 Å². The molecule has 0 saturated carbocycles. The minimum Gasteiger partial charge on any atom is -0.397 e. The first-order valence-corrected chi connectivity index (χ1v) is 14.9. The normalized spacial score (nSPS) is 16.4. The van der Waals surface area contributed by atoms with E-state index in [1.54, 1.807) is 0 Å². The molecule has 42 heavy (non-hydrogen) atoms. The van der Waals surface area contributed by atoms with E-state index in [0.717, 1.165) is 50.2 Å². The fraction of sp³-hybridized carbons (Fsp3) is 0.393. The second-order valence-corrected chi connectivity index (χ2v) is 12.2. The molecule has 2 aliphatic rings. The number of nitrogens with zero attached hydrogens (tertiary/aromatic N) is 2. The quantitative estimate of drug-likeness (QED) is 0.100. The maximum atomic E-state index is 13.8. The first-order chi connectivity index (χ1) is 19.7. The molecule has 0 unspecified atom stereocenters. The van der Waals surface area contributed by atoms with Crippen molar-refractivity contribution in [2.24, 2.45) is 17.5 Å². The van der Waals surface area contributed by atoms with Crippen LogP contribution in [0.25, 0.3) is 17.5 Å². The number of Topliss-reactive ketones (excluding diaryl/α,β-unsaturated/α-hetero) is 1. The zero-order valence-electron chi connectivity index (χ0n) is 22.9. The Morgan fingerprint density at radius 1 is 1.21 bits per heavy atom. The van der Waals surface area contributed by atoms with E-state index < -0.39 is 33.3 Å². The number of fused-ring (bicyclic) bond motifs is 1. The number of aromatic nitrogens is 1. The summed E-state index contributed by atoms with van der Waals surface area (Å²) in [5, 5.41) is 2.26. The Kier molecular flexibility index (Phi) is 9.47. The number of allylic oxidation sites excluding steroid dienone is 1. The summed E-state index contributed by atoms with van der Waals surface area (Å²) in [6.45, 7) is 3.97. The highest BCUT2D eigenvalue weighted by Crippen LogP contribution is 2.29. The molecule has 226 valence electrons. The third-order valence-electron chi connectivity index (χ3n) is 7.13. The number of likely N-dealkylation sites (tertiary alicyclic amines) is 1. The highest BCUT2D eigenvalue weighted by atomic mass is 32.2. The smallest absolute Gasteiger partial charge is 0.397 e. The standard InChI is InChI=1S/C28H32F4N6O3S/c1-18(39)27-26(23-14-22(29)6-7-25(23)36-27)24(33)16-38(34)15-19-8-11-37(12-9-19)13-10-35-42(40,41)17-20-2-4-21(5-3-20)28(30,31)32/h2-5,14,16,19,35-36H,8-13,15,17,33-34H2,1H3/b24-16-. The highest BCUT2D eigenvalue weighted by Gasteiger charge is 2.30. The van der Waals surface area contributed by atoms with Crippen LogP contribution in [0.3, 0.4) is 0 Å². The molecule has 2 heterocycles. The molecular formula is C28H32F4N6O3S. The number of aromatic amines is 1. The molecule has 4 rings (SSSR count). The van der Waals surface area contributed by atoms with Crippen LogP contribution in [0.5, 0.6) is 0 Å². The minimum absolute atomic E-state index is 0.175. The number of carbonyl (C=O) groups is 1. The van der Waals surface area contributed by atoms with Gasteiger partial charge in [-0.05, 0) is 67.1 Å². The van der Waals surface area contributed by atoms with Crippen molar-refractivity contribution >= 4 is 33.3 Å². The van der Waals surface area contributed by atoms with Gasteiger partial charge < -0.3 is 20.6 Å². The average Bonchev–Trinajstić information content (AvgIpc) is 3.28. The largest absolute Gasteiger partial charge is 0.416 e. The van der Waals surface area contributed by atoms with E-state index in [1.807, 2.05) is 0 Å². The van der Waals surface area contributed by atoms with Gasteiger partial charge in [0.1, 0.15) is 0 Å². The third kappa shape index (κ3) is 8.01. The number of carbonyl (C=O) groups excluding carboxylic acids is 1. The molecule has 9 nitrogen and oxygen atoms in total. The molecule has 6 N–H and O–H groups in total. The molecule has 1 aliphatic carbocycles. The maximum absolute atomic E-state index is 13.8. The van der Waals surface area contributed by atoms with Crippen LogP contribution in [0.15, 0.2) is 42.0 Å². The second-order valence-electron chi connectivity index (χ2n) is 10.4. The predicted molar refractivity (Wildman–Crippen MR) is 150 cm³/mol. The zero-order chi connectivity index (χ0) is 30.7. The minimum atomic E-state index is -4.48. The van der Waals surface area contributed by atoms with Gasteiger partial charge in [0.05, 0.1) is 28.1 Å². The van der Waals surface area contributed by atoms with E-state index in [9.17, 15) is 30.8 Å². The number of nitrogens with two attached hydrogens (primary N) is 2. The lowest BCUT2D eigenvalue weighted by molar-refractivity contribution is -0.137. The number of halogens is 4. The molecule has 1 aromatic heterocycles. The average molecular weight is 609 g/mol. The van der Waals surface area contributed by atoms with Crippen molar-refractivity contribution in [3.05, 3.63) is 75.0 Å². The lowest BCUT2D eigenvalue weighted by atomic mass is 9.96. The Hall–Kier alpha value is -3.64. The van der Waals surface area contributed by atoms with Crippen LogP contribution in [-0.2, 0) is 22.0 Å². The van der Waals surface area contributed by atoms with E-state index in [4.69, 9.17) is 11.6 Å². The van der Waals surface area contributed by atoms with Gasteiger partial charge in [-0.25, -0.2) is 19.0 Å². The van der Waals surface area contributed by atoms with Crippen molar-refractivity contribution in [3.63, 3.8) is 0 Å². The highest BCUT2D eigenvalue weighted by molar-refractivity contribution is 7.88. The summed E-state index contributed by atoms with van der Waals surface area (Å²) in [6, 6.07) is 4.06. The van der Waals surface area contributed by atoms with Gasteiger partial charge in [-0.15, -0.1) is 0 Å². The fourth-order valence-electron chi connectivity index (χ4n) is 5.01. The molecule has 0 bridgehead atoms. The van der Waals surface area contributed by atoms with Gasteiger partial charge >= 0.3 is 6.18 Å². The molecular weight excluding hydrogens is 576 g/mol. The predicted octanol–water partition coefficient (Wildman–Crippen LogP) is 1.68. The number of rotatable bonds is 11. The van der Waals surface area contributed by atoms with E-state index in [2.05, 4.69) is 26.1 Å². The van der Waals surface area contributed by atoms with Crippen LogP contribution in [0.1, 0.15) is 46.9 Å². The van der Waals surface area contributed by atoms with Crippen LogP contribution in [0, 0.1) is 5.92 Å². The Morgan fingerprint density at radius 3 is 2.50 bits per heavy atom. The van der Waals surface area contributed by atoms with Crippen molar-refractivity contribution < 1.29 is 30.8 Å². The number of hydrogen-bond donors (Lipinski definition) is 4. The SMILES string of the molecule is CC(=O)c1[nH]c2c(c1/C(N)=C/N(N)CC1CCN(CCNS(=O)(=O)Cc3ccc(C(F)(F)F)cc3)CC1)=CC(F)=C=C=2. The fourth-order valence-corrected chi connectivity index (χ4v) is 6.15. The Balaban J connectivity index is 1.25. The number of ketones is 1. The molecule has 0 spiro atoms. The van der Waals surface area contributed by atoms with Crippen molar-refractivity contribution in [2.75, 3.05) is 32.7 Å². The molecule has 1 fully saturated rings. The van der Waals surface area contributed by atoms with Gasteiger partial charge in [-0.3, -0.25) is 4.79 Å². The number of hydrazine groups is 1. The van der Waals surface area contributed by atoms with Crippen LogP contribution in [-0.4, -0.2) is 61.8 Å². The van der Waals surface area contributed by atoms with E-state index in [0.29, 0.717) is 29.2 Å². The number of alkyl halides is 3. The van der Waals surface area contributed by atoms with Crippen molar-refractivity contribution in [2.45, 2.75) is 31.7 Å². The first kappa shape index (κ1) is 31.3. The van der Waals surface area contributed by atoms with Crippen LogP contribution in [0.2, 0.25) is 0 Å². The van der Waals surface area contributed by atoms with Crippen LogP contribution < -0.4 is 26.9 Å². The number of piperidine rings is 1. The molecule has 1 aliphatic heterocycles. The van der Waals surface area contributed by atoms with Crippen molar-refractivity contribution in [1.82, 2.24) is 19.6 Å². The molecule has 1 aromatic carbocycles. The Labute approximate surface area is 240 Å². The number of H-pyrrole nitrogens is 1. The first-order valence-electron chi connectivity index (χ1n) is 13.2. The summed E-state index contributed by atoms with van der Waals surface area (Å²) in [4.78, 5) is 17.2. The van der Waals surface area contributed by atoms with E-state index in [-0.39, 0.29) is 35.2 Å². The van der Waals surface area contributed by atoms with Crippen molar-refractivity contribution in [1.29, 1.82) is 0 Å². The number of sulfonamides is 1. The number of benzene rings is 1. The Morgan fingerprint density at radius 2 is 1.88 bits per heavy atom. The third-order valence-corrected chi connectivity index (χ3v) is 8.48. The Bertz CT molecular complexity index is 1660. The monoisotopic (exact) mass is 608 g/mol. The van der Waals surface area contributed by atoms with Gasteiger partial charge in [-0.2, -0.15) is 17.6 Å². The summed E-state index contributed by atoms with van der Waals surface area (Å²) in [5.74, 6) is 5.14. The summed E-state index contributed by atoms with van der Waals surface area (Å²) in [7, 11) is -3.71. The number of nitrogens with one attached hydrogen (secondary N) is 2. The summed E-state index contributed by atoms with van der Waals surface area (Å²) in [5.41, 5.74) is 11.5. The van der Waals surface area contributed by atoms with Gasteiger partial charge in [0, 0.05) is 43.5 Å². The van der Waals surface area contributed by atoms with E-state index >= 15 is 0 Å². The van der Waals surface area contributed by atoms with E-state index in [1.165, 1.54) is 24.2 Å². The second kappa shape index (κ2) is 12.7. The molecule has 0 atom stereocenters. The molecule has 2 aromatic rings. The maximum Gasteiger partial charge on any atom is 0.416 e. The van der Waals surface area contributed by atoms with Crippen LogP contribution >= 0.6 is 0 Å². The van der Waals surface area contributed by atoms with Gasteiger partial charge in [0.15, 0.2) is 11.6 Å². The molecule has 14 heteroatoms. The topological polar surface area (TPSA) is 138 Å². The molecule has 0 radical (unpaired) electrons. The molecule has 0 amide bonds. The zero-order valence-corrected chi connectivity index (χ0v) is 23.7. The molecule has 1 saturated heterocycles. The van der Waals surface area contributed by atoms with Gasteiger partial charge in [0.2, 0.25) is 10.0 Å². The number of hydrogen-bond acceptors (Lipinski definition) is 7. The lowest BCUT2D eigenvalue weighted by Gasteiger charge is -2.33. The lowest BCUT2D eigenvalue weighted by Crippen LogP contribution is -2.42. The van der Waals surface area contributed by atoms with Gasteiger partial charge in [-0.1, -0.05) is 12.1 Å².